The van der Waals surface area contributed by atoms with Crippen molar-refractivity contribution in [3.05, 3.63) is 0 Å². The third kappa shape index (κ3) is 1.39. The smallest absolute Gasteiger partial charge is 0.306 e. The van der Waals surface area contributed by atoms with Crippen LogP contribution in [0.4, 0.5) is 0 Å². The van der Waals surface area contributed by atoms with Gasteiger partial charge in [0, 0.05) is 0 Å². The molecule has 2 fully saturated rings. The quantitative estimate of drug-likeness (QED) is 0.659. The molecule has 2 aliphatic carbocycles. The van der Waals surface area contributed by atoms with E-state index in [1.54, 1.807) is 0 Å². The van der Waals surface area contributed by atoms with E-state index in [0.29, 0.717) is 0 Å². The predicted octanol–water partition coefficient (Wildman–Crippen LogP) is 1.90. The van der Waals surface area contributed by atoms with E-state index in [4.69, 9.17) is 5.11 Å². The molecule has 2 atom stereocenters. The highest BCUT2D eigenvalue weighted by Gasteiger charge is 2.38. The van der Waals surface area contributed by atoms with Crippen LogP contribution < -0.4 is 0 Å². The van der Waals surface area contributed by atoms with Crippen LogP contribution in [0.15, 0.2) is 0 Å². The first-order valence-electron chi connectivity index (χ1n) is 4.50. The van der Waals surface area contributed by atoms with Gasteiger partial charge in [0.1, 0.15) is 0 Å². The van der Waals surface area contributed by atoms with Crippen molar-refractivity contribution in [3.63, 3.8) is 0 Å². The molecule has 0 aromatic carbocycles. The molecule has 2 rings (SSSR count). The third-order valence-corrected chi connectivity index (χ3v) is 3.11. The second kappa shape index (κ2) is 2.50. The van der Waals surface area contributed by atoms with Gasteiger partial charge in [0.25, 0.3) is 0 Å². The highest BCUT2D eigenvalue weighted by molar-refractivity contribution is 5.70. The molecule has 0 aliphatic heterocycles. The average molecular weight is 154 g/mol. The Labute approximate surface area is 66.6 Å². The summed E-state index contributed by atoms with van der Waals surface area (Å²) in [6.45, 7) is 0. The number of hydrogen-bond donors (Lipinski definition) is 1. The van der Waals surface area contributed by atoms with Gasteiger partial charge in [-0.25, -0.2) is 0 Å². The molecule has 2 aliphatic rings. The lowest BCUT2D eigenvalue weighted by Crippen LogP contribution is -2.09. The average Bonchev–Trinajstić information content (AvgIpc) is 2.68. The Balaban J connectivity index is 1.87. The zero-order valence-electron chi connectivity index (χ0n) is 6.62. The van der Waals surface area contributed by atoms with Gasteiger partial charge < -0.3 is 5.11 Å². The van der Waals surface area contributed by atoms with Crippen molar-refractivity contribution in [1.29, 1.82) is 0 Å². The molecule has 2 nitrogen and oxygen atoms in total. The molecule has 2 heteroatoms. The van der Waals surface area contributed by atoms with Crippen LogP contribution in [0.5, 0.6) is 0 Å². The summed E-state index contributed by atoms with van der Waals surface area (Å²) in [5, 5.41) is 8.73. The Morgan fingerprint density at radius 2 is 1.73 bits per heavy atom. The minimum atomic E-state index is -0.576. The zero-order chi connectivity index (χ0) is 7.84. The monoisotopic (exact) mass is 154 g/mol. The van der Waals surface area contributed by atoms with E-state index in [2.05, 4.69) is 0 Å². The third-order valence-electron chi connectivity index (χ3n) is 3.11. The Morgan fingerprint density at radius 3 is 2.18 bits per heavy atom. The van der Waals surface area contributed by atoms with Crippen molar-refractivity contribution in [3.8, 4) is 0 Å². The van der Waals surface area contributed by atoms with Gasteiger partial charge >= 0.3 is 5.97 Å². The maximum absolute atomic E-state index is 10.6. The molecule has 0 aromatic heterocycles. The van der Waals surface area contributed by atoms with Gasteiger partial charge in [0.15, 0.2) is 0 Å². The van der Waals surface area contributed by atoms with Crippen molar-refractivity contribution >= 4 is 5.97 Å². The summed E-state index contributed by atoms with van der Waals surface area (Å²) in [7, 11) is 0. The molecule has 0 radical (unpaired) electrons. The van der Waals surface area contributed by atoms with Gasteiger partial charge in [-0.15, -0.1) is 0 Å². The minimum Gasteiger partial charge on any atom is -0.481 e. The number of carboxylic acids is 1. The SMILES string of the molecule is O=C(O)C1CCC(C2CC2)C1. The summed E-state index contributed by atoms with van der Waals surface area (Å²) >= 11 is 0. The summed E-state index contributed by atoms with van der Waals surface area (Å²) in [6.07, 6.45) is 5.77. The largest absolute Gasteiger partial charge is 0.481 e. The molecule has 0 bridgehead atoms. The first kappa shape index (κ1) is 7.14. The molecular formula is C9H14O2. The van der Waals surface area contributed by atoms with Gasteiger partial charge in [-0.2, -0.15) is 0 Å². The number of aliphatic carboxylic acids is 1. The summed E-state index contributed by atoms with van der Waals surface area (Å²) in [4.78, 5) is 10.6. The standard InChI is InChI=1S/C9H14O2/c10-9(11)8-4-3-7(5-8)6-1-2-6/h6-8H,1-5H2,(H,10,11). The lowest BCUT2D eigenvalue weighted by atomic mass is 10.0. The molecule has 62 valence electrons. The lowest BCUT2D eigenvalue weighted by molar-refractivity contribution is -0.141. The van der Waals surface area contributed by atoms with E-state index in [1.807, 2.05) is 0 Å². The van der Waals surface area contributed by atoms with Gasteiger partial charge in [-0.05, 0) is 43.9 Å². The van der Waals surface area contributed by atoms with Gasteiger partial charge in [0.2, 0.25) is 0 Å². The second-order valence-corrected chi connectivity index (χ2v) is 3.95. The predicted molar refractivity (Wildman–Crippen MR) is 41.2 cm³/mol. The van der Waals surface area contributed by atoms with E-state index >= 15 is 0 Å². The summed E-state index contributed by atoms with van der Waals surface area (Å²) in [5.74, 6) is 1.07. The first-order chi connectivity index (χ1) is 5.27. The Hall–Kier alpha value is -0.530. The zero-order valence-corrected chi connectivity index (χ0v) is 6.62. The molecule has 11 heavy (non-hydrogen) atoms. The van der Waals surface area contributed by atoms with Gasteiger partial charge in [-0.3, -0.25) is 4.79 Å². The molecule has 0 aromatic rings. The van der Waals surface area contributed by atoms with Crippen LogP contribution in [-0.4, -0.2) is 11.1 Å². The van der Waals surface area contributed by atoms with Crippen LogP contribution in [0.25, 0.3) is 0 Å². The van der Waals surface area contributed by atoms with Crippen LogP contribution in [0.3, 0.4) is 0 Å². The van der Waals surface area contributed by atoms with Gasteiger partial charge in [-0.1, -0.05) is 0 Å². The molecular weight excluding hydrogens is 140 g/mol. The van der Waals surface area contributed by atoms with E-state index < -0.39 is 5.97 Å². The summed E-state index contributed by atoms with van der Waals surface area (Å²) < 4.78 is 0. The summed E-state index contributed by atoms with van der Waals surface area (Å²) in [5.41, 5.74) is 0. The van der Waals surface area contributed by atoms with Crippen LogP contribution in [-0.2, 0) is 4.79 Å². The molecule has 2 saturated carbocycles. The number of carbonyl (C=O) groups is 1. The van der Waals surface area contributed by atoms with Crippen LogP contribution in [0.2, 0.25) is 0 Å². The number of carboxylic acid groups (broad SMARTS) is 1. The Bertz CT molecular complexity index is 172. The van der Waals surface area contributed by atoms with E-state index in [9.17, 15) is 4.79 Å². The molecule has 2 unspecified atom stereocenters. The van der Waals surface area contributed by atoms with Crippen molar-refractivity contribution < 1.29 is 9.90 Å². The van der Waals surface area contributed by atoms with Crippen LogP contribution in [0.1, 0.15) is 32.1 Å². The number of hydrogen-bond acceptors (Lipinski definition) is 1. The van der Waals surface area contributed by atoms with E-state index in [1.165, 1.54) is 19.3 Å². The fraction of sp³-hybridized carbons (Fsp3) is 0.889. The first-order valence-corrected chi connectivity index (χ1v) is 4.50. The normalized spacial score (nSPS) is 37.5. The lowest BCUT2D eigenvalue weighted by Gasteiger charge is -2.05. The van der Waals surface area contributed by atoms with Crippen molar-refractivity contribution in [1.82, 2.24) is 0 Å². The van der Waals surface area contributed by atoms with Crippen molar-refractivity contribution in [2.75, 3.05) is 0 Å². The fourth-order valence-electron chi connectivity index (χ4n) is 2.24. The second-order valence-electron chi connectivity index (χ2n) is 3.95. The van der Waals surface area contributed by atoms with Crippen molar-refractivity contribution in [2.24, 2.45) is 17.8 Å². The highest BCUT2D eigenvalue weighted by atomic mass is 16.4. The Morgan fingerprint density at radius 1 is 1.09 bits per heavy atom. The fourth-order valence-corrected chi connectivity index (χ4v) is 2.24. The maximum Gasteiger partial charge on any atom is 0.306 e. The molecule has 1 N–H and O–H groups in total. The van der Waals surface area contributed by atoms with Crippen LogP contribution in [0, 0.1) is 17.8 Å². The highest BCUT2D eigenvalue weighted by Crippen LogP contribution is 2.46. The number of rotatable bonds is 2. The minimum absolute atomic E-state index is 0.0133. The van der Waals surface area contributed by atoms with Gasteiger partial charge in [0.05, 0.1) is 5.92 Å². The molecule has 0 saturated heterocycles. The van der Waals surface area contributed by atoms with Crippen molar-refractivity contribution in [2.45, 2.75) is 32.1 Å². The van der Waals surface area contributed by atoms with E-state index in [-0.39, 0.29) is 5.92 Å². The topological polar surface area (TPSA) is 37.3 Å². The maximum atomic E-state index is 10.6. The molecule has 0 heterocycles. The Kier molecular flexibility index (Phi) is 1.63. The molecule has 0 amide bonds. The summed E-state index contributed by atoms with van der Waals surface area (Å²) in [6, 6.07) is 0. The van der Waals surface area contributed by atoms with E-state index in [0.717, 1.165) is 24.7 Å². The molecule has 0 spiro atoms. The van der Waals surface area contributed by atoms with Crippen LogP contribution >= 0.6 is 0 Å².